The summed E-state index contributed by atoms with van der Waals surface area (Å²) in [6.07, 6.45) is 6.70. The monoisotopic (exact) mass is 501 g/mol. The fourth-order valence-corrected chi connectivity index (χ4v) is 5.64. The number of likely N-dealkylation sites (tertiary alicyclic amines) is 1. The Morgan fingerprint density at radius 2 is 1.66 bits per heavy atom. The summed E-state index contributed by atoms with van der Waals surface area (Å²) in [5.74, 6) is 2.13. The van der Waals surface area contributed by atoms with Crippen molar-refractivity contribution >= 4 is 23.3 Å². The summed E-state index contributed by atoms with van der Waals surface area (Å²) in [4.78, 5) is 15.5. The van der Waals surface area contributed by atoms with Crippen molar-refractivity contribution in [1.82, 2.24) is 10.2 Å². The van der Waals surface area contributed by atoms with Crippen LogP contribution in [0.25, 0.3) is 0 Å². The minimum atomic E-state index is -0.231. The Hall–Kier alpha value is -2.64. The lowest BCUT2D eigenvalue weighted by atomic mass is 9.89. The van der Waals surface area contributed by atoms with E-state index in [-0.39, 0.29) is 12.1 Å². The zero-order valence-corrected chi connectivity index (χ0v) is 21.6. The van der Waals surface area contributed by atoms with E-state index in [1.165, 1.54) is 18.4 Å². The Kier molecular flexibility index (Phi) is 8.63. The average molecular weight is 502 g/mol. The van der Waals surface area contributed by atoms with E-state index in [0.717, 1.165) is 43.8 Å². The topological polar surface area (TPSA) is 72.1 Å². The quantitative estimate of drug-likeness (QED) is 0.509. The van der Waals surface area contributed by atoms with Gasteiger partial charge in [0.2, 0.25) is 5.75 Å². The van der Waals surface area contributed by atoms with Crippen molar-refractivity contribution in [3.05, 3.63) is 47.0 Å². The maximum Gasteiger partial charge on any atom is 0.319 e. The van der Waals surface area contributed by atoms with Crippen molar-refractivity contribution in [3.8, 4) is 17.2 Å². The number of nitrogens with zero attached hydrogens (tertiary/aromatic N) is 1. The molecule has 4 rings (SSSR count). The van der Waals surface area contributed by atoms with E-state index in [2.05, 4.69) is 27.7 Å². The maximum absolute atomic E-state index is 12.9. The van der Waals surface area contributed by atoms with Gasteiger partial charge in [-0.1, -0.05) is 23.7 Å². The number of hydrogen-bond donors (Lipinski definition) is 2. The molecule has 1 aliphatic heterocycles. The number of anilines is 1. The fraction of sp³-hybridized carbons (Fsp3) is 0.519. The molecular weight excluding hydrogens is 466 g/mol. The number of urea groups is 1. The second kappa shape index (κ2) is 11.9. The van der Waals surface area contributed by atoms with E-state index < -0.39 is 0 Å². The SMILES string of the molecule is COc1ccc(NC(=O)NC2CCCC2N2CCC(Cc3ccc(Cl)cc3)CC2)c(OC)c1OC. The van der Waals surface area contributed by atoms with E-state index in [9.17, 15) is 4.79 Å². The first kappa shape index (κ1) is 25.5. The summed E-state index contributed by atoms with van der Waals surface area (Å²) in [6.45, 7) is 2.15. The predicted octanol–water partition coefficient (Wildman–Crippen LogP) is 5.36. The molecule has 1 saturated carbocycles. The maximum atomic E-state index is 12.9. The van der Waals surface area contributed by atoms with E-state index >= 15 is 0 Å². The number of methoxy groups -OCH3 is 3. The second-order valence-electron chi connectivity index (χ2n) is 9.40. The molecule has 2 N–H and O–H groups in total. The normalized spacial score (nSPS) is 20.9. The van der Waals surface area contributed by atoms with Gasteiger partial charge in [0.05, 0.1) is 27.0 Å². The molecule has 0 radical (unpaired) electrons. The number of benzene rings is 2. The van der Waals surface area contributed by atoms with Crippen LogP contribution >= 0.6 is 11.6 Å². The molecule has 1 aliphatic carbocycles. The van der Waals surface area contributed by atoms with Gasteiger partial charge in [0.25, 0.3) is 0 Å². The molecule has 1 heterocycles. The van der Waals surface area contributed by atoms with Gasteiger partial charge < -0.3 is 24.8 Å². The van der Waals surface area contributed by atoms with Crippen LogP contribution in [0.4, 0.5) is 10.5 Å². The average Bonchev–Trinajstić information content (AvgIpc) is 3.33. The van der Waals surface area contributed by atoms with Crippen LogP contribution in [-0.2, 0) is 6.42 Å². The van der Waals surface area contributed by atoms with Crippen LogP contribution in [0.5, 0.6) is 17.2 Å². The van der Waals surface area contributed by atoms with Gasteiger partial charge in [-0.3, -0.25) is 4.90 Å². The Morgan fingerprint density at radius 1 is 0.943 bits per heavy atom. The van der Waals surface area contributed by atoms with Crippen molar-refractivity contribution in [2.45, 2.75) is 50.6 Å². The molecule has 2 amide bonds. The van der Waals surface area contributed by atoms with Gasteiger partial charge in [0.15, 0.2) is 11.5 Å². The fourth-order valence-electron chi connectivity index (χ4n) is 5.51. The lowest BCUT2D eigenvalue weighted by molar-refractivity contribution is 0.119. The van der Waals surface area contributed by atoms with Crippen molar-refractivity contribution in [2.24, 2.45) is 5.92 Å². The molecular formula is C27H36ClN3O4. The largest absolute Gasteiger partial charge is 0.493 e. The summed E-state index contributed by atoms with van der Waals surface area (Å²) in [6, 6.07) is 12.0. The van der Waals surface area contributed by atoms with Crippen LogP contribution in [-0.4, -0.2) is 57.4 Å². The van der Waals surface area contributed by atoms with Crippen molar-refractivity contribution < 1.29 is 19.0 Å². The van der Waals surface area contributed by atoms with Gasteiger partial charge in [-0.2, -0.15) is 0 Å². The van der Waals surface area contributed by atoms with Crippen LogP contribution < -0.4 is 24.8 Å². The summed E-state index contributed by atoms with van der Waals surface area (Å²) in [5.41, 5.74) is 1.90. The summed E-state index contributed by atoms with van der Waals surface area (Å²) >= 11 is 6.02. The van der Waals surface area contributed by atoms with Gasteiger partial charge >= 0.3 is 6.03 Å². The number of amides is 2. The molecule has 7 nitrogen and oxygen atoms in total. The minimum absolute atomic E-state index is 0.133. The lowest BCUT2D eigenvalue weighted by Crippen LogP contribution is -2.52. The third-order valence-electron chi connectivity index (χ3n) is 7.30. The van der Waals surface area contributed by atoms with Crippen LogP contribution in [0.3, 0.4) is 0 Å². The summed E-state index contributed by atoms with van der Waals surface area (Å²) in [5, 5.41) is 6.94. The molecule has 0 spiro atoms. The third kappa shape index (κ3) is 6.14. The molecule has 2 aliphatic rings. The molecule has 0 bridgehead atoms. The predicted molar refractivity (Wildman–Crippen MR) is 139 cm³/mol. The number of carbonyl (C=O) groups is 1. The van der Waals surface area contributed by atoms with Gasteiger partial charge in [0, 0.05) is 17.1 Å². The summed E-state index contributed by atoms with van der Waals surface area (Å²) < 4.78 is 16.2. The lowest BCUT2D eigenvalue weighted by Gasteiger charge is -2.38. The zero-order chi connectivity index (χ0) is 24.8. The number of nitrogens with one attached hydrogen (secondary N) is 2. The molecule has 2 atom stereocenters. The number of rotatable bonds is 8. The third-order valence-corrected chi connectivity index (χ3v) is 7.56. The molecule has 0 aromatic heterocycles. The smallest absolute Gasteiger partial charge is 0.319 e. The van der Waals surface area contributed by atoms with Gasteiger partial charge in [-0.05, 0) is 87.4 Å². The highest BCUT2D eigenvalue weighted by atomic mass is 35.5. The minimum Gasteiger partial charge on any atom is -0.493 e. The highest BCUT2D eigenvalue weighted by molar-refractivity contribution is 6.30. The molecule has 8 heteroatoms. The molecule has 35 heavy (non-hydrogen) atoms. The number of ether oxygens (including phenoxy) is 3. The first-order chi connectivity index (χ1) is 17.0. The zero-order valence-electron chi connectivity index (χ0n) is 20.8. The van der Waals surface area contributed by atoms with E-state index in [0.29, 0.717) is 34.9 Å². The highest BCUT2D eigenvalue weighted by Crippen LogP contribution is 2.42. The number of halogens is 1. The first-order valence-electron chi connectivity index (χ1n) is 12.4. The van der Waals surface area contributed by atoms with Crippen molar-refractivity contribution in [2.75, 3.05) is 39.7 Å². The van der Waals surface area contributed by atoms with Crippen LogP contribution in [0.1, 0.15) is 37.7 Å². The van der Waals surface area contributed by atoms with Crippen LogP contribution in [0.15, 0.2) is 36.4 Å². The Balaban J connectivity index is 1.32. The standard InChI is InChI=1S/C27H36ClN3O4/c1-33-24-12-11-22(25(34-2)26(24)35-3)30-27(32)29-21-5-4-6-23(21)31-15-13-19(14-16-31)17-18-7-9-20(28)10-8-18/h7-12,19,21,23H,4-6,13-17H2,1-3H3,(H2,29,30,32). The van der Waals surface area contributed by atoms with E-state index in [1.54, 1.807) is 33.5 Å². The van der Waals surface area contributed by atoms with E-state index in [4.69, 9.17) is 25.8 Å². The Bertz CT molecular complexity index is 993. The molecule has 2 unspecified atom stereocenters. The Morgan fingerprint density at radius 3 is 2.31 bits per heavy atom. The number of carbonyl (C=O) groups excluding carboxylic acids is 1. The van der Waals surface area contributed by atoms with Gasteiger partial charge in [-0.25, -0.2) is 4.79 Å². The molecule has 1 saturated heterocycles. The van der Waals surface area contributed by atoms with E-state index in [1.807, 2.05) is 12.1 Å². The highest BCUT2D eigenvalue weighted by Gasteiger charge is 2.35. The number of hydrogen-bond acceptors (Lipinski definition) is 5. The second-order valence-corrected chi connectivity index (χ2v) is 9.83. The van der Waals surface area contributed by atoms with Gasteiger partial charge in [0.1, 0.15) is 0 Å². The van der Waals surface area contributed by atoms with Crippen molar-refractivity contribution in [3.63, 3.8) is 0 Å². The molecule has 2 fully saturated rings. The Labute approximate surface area is 213 Å². The van der Waals surface area contributed by atoms with Crippen LogP contribution in [0, 0.1) is 5.92 Å². The molecule has 2 aromatic rings. The van der Waals surface area contributed by atoms with Gasteiger partial charge in [-0.15, -0.1) is 0 Å². The first-order valence-corrected chi connectivity index (χ1v) is 12.7. The van der Waals surface area contributed by atoms with Crippen molar-refractivity contribution in [1.29, 1.82) is 0 Å². The molecule has 190 valence electrons. The molecule has 2 aromatic carbocycles. The number of piperidine rings is 1. The summed E-state index contributed by atoms with van der Waals surface area (Å²) in [7, 11) is 4.66. The van der Waals surface area contributed by atoms with Crippen LogP contribution in [0.2, 0.25) is 5.02 Å².